The Morgan fingerprint density at radius 3 is 2.86 bits per heavy atom. The molecular formula is C10H17N3O. The number of carbonyl (C=O) groups excluding carboxylic acids is 1. The highest BCUT2D eigenvalue weighted by Crippen LogP contribution is 1.95. The van der Waals surface area contributed by atoms with Crippen molar-refractivity contribution in [3.8, 4) is 0 Å². The number of rotatable bonds is 5. The van der Waals surface area contributed by atoms with E-state index >= 15 is 0 Å². The number of Topliss-reactive ketones (excluding diaryl/α,β-unsaturated/α-hetero) is 1. The molecule has 1 heterocycles. The van der Waals surface area contributed by atoms with Crippen LogP contribution in [0.2, 0.25) is 0 Å². The maximum Gasteiger partial charge on any atom is 0.152 e. The number of nitrogens with one attached hydrogen (secondary N) is 1. The fourth-order valence-corrected chi connectivity index (χ4v) is 1.14. The van der Waals surface area contributed by atoms with Crippen LogP contribution in [0.3, 0.4) is 0 Å². The summed E-state index contributed by atoms with van der Waals surface area (Å²) in [7, 11) is 1.85. The van der Waals surface area contributed by atoms with Crippen molar-refractivity contribution < 1.29 is 4.79 Å². The van der Waals surface area contributed by atoms with Crippen LogP contribution in [0.5, 0.6) is 0 Å². The summed E-state index contributed by atoms with van der Waals surface area (Å²) < 4.78 is 1.71. The summed E-state index contributed by atoms with van der Waals surface area (Å²) >= 11 is 0. The number of carbonyl (C=O) groups is 1. The molecule has 78 valence electrons. The van der Waals surface area contributed by atoms with Crippen molar-refractivity contribution in [3.05, 3.63) is 18.0 Å². The molecule has 14 heavy (non-hydrogen) atoms. The molecular weight excluding hydrogens is 178 g/mol. The van der Waals surface area contributed by atoms with Crippen LogP contribution in [-0.4, -0.2) is 28.2 Å². The monoisotopic (exact) mass is 195 g/mol. The predicted molar refractivity (Wildman–Crippen MR) is 55.1 cm³/mol. The van der Waals surface area contributed by atoms with Gasteiger partial charge in [-0.25, -0.2) is 0 Å². The van der Waals surface area contributed by atoms with Crippen LogP contribution in [0.1, 0.15) is 19.5 Å². The van der Waals surface area contributed by atoms with Gasteiger partial charge in [0.2, 0.25) is 0 Å². The molecule has 0 atom stereocenters. The lowest BCUT2D eigenvalue weighted by molar-refractivity contribution is -0.117. The first kappa shape index (κ1) is 10.9. The van der Waals surface area contributed by atoms with Gasteiger partial charge in [-0.3, -0.25) is 9.48 Å². The minimum Gasteiger partial charge on any atom is -0.308 e. The molecule has 0 bridgehead atoms. The highest BCUT2D eigenvalue weighted by molar-refractivity contribution is 5.82. The molecule has 0 amide bonds. The summed E-state index contributed by atoms with van der Waals surface area (Å²) in [6.45, 7) is 4.47. The zero-order valence-corrected chi connectivity index (χ0v) is 8.95. The zero-order valence-electron chi connectivity index (χ0n) is 8.95. The molecule has 1 rings (SSSR count). The summed E-state index contributed by atoms with van der Waals surface area (Å²) in [5, 5.41) is 7.23. The fraction of sp³-hybridized carbons (Fsp3) is 0.600. The van der Waals surface area contributed by atoms with E-state index in [9.17, 15) is 4.79 Å². The Kier molecular flexibility index (Phi) is 3.83. The van der Waals surface area contributed by atoms with Crippen molar-refractivity contribution in [2.24, 2.45) is 7.05 Å². The van der Waals surface area contributed by atoms with Crippen molar-refractivity contribution in [1.82, 2.24) is 15.1 Å². The third-order valence-corrected chi connectivity index (χ3v) is 1.85. The second-order valence-electron chi connectivity index (χ2n) is 3.73. The van der Waals surface area contributed by atoms with E-state index in [1.807, 2.05) is 33.2 Å². The van der Waals surface area contributed by atoms with Gasteiger partial charge in [0.05, 0.1) is 18.7 Å². The Bertz CT molecular complexity index is 304. The van der Waals surface area contributed by atoms with Crippen LogP contribution in [0, 0.1) is 0 Å². The third kappa shape index (κ3) is 3.70. The summed E-state index contributed by atoms with van der Waals surface area (Å²) in [5.41, 5.74) is 0.836. The first-order valence-corrected chi connectivity index (χ1v) is 4.81. The fourth-order valence-electron chi connectivity index (χ4n) is 1.14. The van der Waals surface area contributed by atoms with E-state index in [1.165, 1.54) is 0 Å². The largest absolute Gasteiger partial charge is 0.308 e. The molecule has 1 N–H and O–H groups in total. The molecule has 1 aromatic heterocycles. The molecule has 0 aliphatic rings. The van der Waals surface area contributed by atoms with Crippen LogP contribution >= 0.6 is 0 Å². The number of aryl methyl sites for hydroxylation is 1. The molecule has 4 heteroatoms. The Morgan fingerprint density at radius 2 is 2.36 bits per heavy atom. The van der Waals surface area contributed by atoms with Crippen molar-refractivity contribution in [1.29, 1.82) is 0 Å². The molecule has 0 aliphatic carbocycles. The molecule has 0 fully saturated rings. The van der Waals surface area contributed by atoms with Crippen molar-refractivity contribution in [3.63, 3.8) is 0 Å². The summed E-state index contributed by atoms with van der Waals surface area (Å²) in [6.07, 6.45) is 2.26. The summed E-state index contributed by atoms with van der Waals surface area (Å²) in [6, 6.07) is 2.22. The predicted octanol–water partition coefficient (Wildman–Crippen LogP) is 0.530. The van der Waals surface area contributed by atoms with Crippen LogP contribution in [0.25, 0.3) is 0 Å². The smallest absolute Gasteiger partial charge is 0.152 e. The molecule has 0 aromatic carbocycles. The van der Waals surface area contributed by atoms with Gasteiger partial charge in [0, 0.05) is 19.3 Å². The molecule has 0 spiro atoms. The van der Waals surface area contributed by atoms with E-state index in [0.717, 1.165) is 5.69 Å². The van der Waals surface area contributed by atoms with Crippen molar-refractivity contribution in [2.45, 2.75) is 26.3 Å². The van der Waals surface area contributed by atoms with Gasteiger partial charge in [0.1, 0.15) is 0 Å². The number of aromatic nitrogens is 2. The average molecular weight is 195 g/mol. The maximum absolute atomic E-state index is 11.4. The van der Waals surface area contributed by atoms with E-state index in [4.69, 9.17) is 0 Å². The van der Waals surface area contributed by atoms with E-state index in [-0.39, 0.29) is 5.78 Å². The molecule has 1 aromatic rings. The second kappa shape index (κ2) is 4.91. The average Bonchev–Trinajstić information content (AvgIpc) is 2.48. The SMILES string of the molecule is CC(C)NCC(=O)Cc1ccn(C)n1. The minimum atomic E-state index is 0.178. The lowest BCUT2D eigenvalue weighted by atomic mass is 10.2. The molecule has 0 unspecified atom stereocenters. The second-order valence-corrected chi connectivity index (χ2v) is 3.73. The van der Waals surface area contributed by atoms with Crippen LogP contribution in [-0.2, 0) is 18.3 Å². The Labute approximate surface area is 84.3 Å². The summed E-state index contributed by atoms with van der Waals surface area (Å²) in [4.78, 5) is 11.4. The Hall–Kier alpha value is -1.16. The quantitative estimate of drug-likeness (QED) is 0.745. The number of nitrogens with zero attached hydrogens (tertiary/aromatic N) is 2. The van der Waals surface area contributed by atoms with Gasteiger partial charge in [-0.1, -0.05) is 13.8 Å². The molecule has 0 saturated heterocycles. The van der Waals surface area contributed by atoms with Gasteiger partial charge in [0.25, 0.3) is 0 Å². The van der Waals surface area contributed by atoms with Gasteiger partial charge in [0.15, 0.2) is 5.78 Å². The maximum atomic E-state index is 11.4. The number of hydrogen-bond donors (Lipinski definition) is 1. The van der Waals surface area contributed by atoms with E-state index in [2.05, 4.69) is 10.4 Å². The first-order valence-electron chi connectivity index (χ1n) is 4.81. The van der Waals surface area contributed by atoms with Gasteiger partial charge in [-0.2, -0.15) is 5.10 Å². The molecule has 0 aliphatic heterocycles. The van der Waals surface area contributed by atoms with Gasteiger partial charge in [-0.15, -0.1) is 0 Å². The normalized spacial score (nSPS) is 10.9. The molecule has 4 nitrogen and oxygen atoms in total. The first-order chi connectivity index (χ1) is 6.58. The summed E-state index contributed by atoms with van der Waals surface area (Å²) in [5.74, 6) is 0.178. The van der Waals surface area contributed by atoms with Crippen LogP contribution < -0.4 is 5.32 Å². The standard InChI is InChI=1S/C10H17N3O/c1-8(2)11-7-10(14)6-9-4-5-13(3)12-9/h4-5,8,11H,6-7H2,1-3H3. The van der Waals surface area contributed by atoms with Crippen LogP contribution in [0.15, 0.2) is 12.3 Å². The van der Waals surface area contributed by atoms with E-state index < -0.39 is 0 Å². The number of hydrogen-bond acceptors (Lipinski definition) is 3. The Morgan fingerprint density at radius 1 is 1.64 bits per heavy atom. The molecule has 0 radical (unpaired) electrons. The zero-order chi connectivity index (χ0) is 10.6. The third-order valence-electron chi connectivity index (χ3n) is 1.85. The van der Waals surface area contributed by atoms with E-state index in [0.29, 0.717) is 19.0 Å². The van der Waals surface area contributed by atoms with Gasteiger partial charge < -0.3 is 5.32 Å². The Balaban J connectivity index is 2.34. The van der Waals surface area contributed by atoms with Crippen molar-refractivity contribution >= 4 is 5.78 Å². The van der Waals surface area contributed by atoms with Gasteiger partial charge in [-0.05, 0) is 6.07 Å². The van der Waals surface area contributed by atoms with Crippen LogP contribution in [0.4, 0.5) is 0 Å². The van der Waals surface area contributed by atoms with E-state index in [1.54, 1.807) is 4.68 Å². The lowest BCUT2D eigenvalue weighted by Gasteiger charge is -2.05. The topological polar surface area (TPSA) is 46.9 Å². The molecule has 0 saturated carbocycles. The van der Waals surface area contributed by atoms with Crippen molar-refractivity contribution in [2.75, 3.05) is 6.54 Å². The highest BCUT2D eigenvalue weighted by atomic mass is 16.1. The highest BCUT2D eigenvalue weighted by Gasteiger charge is 2.06. The number of ketones is 1. The minimum absolute atomic E-state index is 0.178. The van der Waals surface area contributed by atoms with Gasteiger partial charge >= 0.3 is 0 Å². The lowest BCUT2D eigenvalue weighted by Crippen LogP contribution is -2.30.